The second-order valence-corrected chi connectivity index (χ2v) is 5.48. The van der Waals surface area contributed by atoms with Crippen molar-refractivity contribution in [1.82, 2.24) is 4.57 Å². The topological polar surface area (TPSA) is 42.2 Å². The third-order valence-electron chi connectivity index (χ3n) is 4.35. The number of para-hydroxylation sites is 2. The molecule has 3 heteroatoms. The first-order valence-electron chi connectivity index (χ1n) is 7.18. The van der Waals surface area contributed by atoms with Crippen LogP contribution < -0.4 is 0 Å². The van der Waals surface area contributed by atoms with Crippen LogP contribution in [-0.4, -0.2) is 15.6 Å². The number of aliphatic carboxylic acids is 1. The van der Waals surface area contributed by atoms with E-state index in [1.807, 2.05) is 36.4 Å². The van der Waals surface area contributed by atoms with Crippen LogP contribution in [0, 0.1) is 0 Å². The molecule has 0 aliphatic heterocycles. The quantitative estimate of drug-likeness (QED) is 0.775. The Morgan fingerprint density at radius 1 is 1.05 bits per heavy atom. The van der Waals surface area contributed by atoms with Crippen molar-refractivity contribution in [2.75, 3.05) is 0 Å². The molecule has 1 aromatic heterocycles. The largest absolute Gasteiger partial charge is 0.481 e. The third-order valence-corrected chi connectivity index (χ3v) is 4.35. The van der Waals surface area contributed by atoms with E-state index in [9.17, 15) is 9.90 Å². The Balaban J connectivity index is 2.07. The van der Waals surface area contributed by atoms with Crippen LogP contribution in [0.15, 0.2) is 54.6 Å². The Labute approximate surface area is 122 Å². The van der Waals surface area contributed by atoms with Crippen LogP contribution in [0.3, 0.4) is 0 Å². The lowest BCUT2D eigenvalue weighted by Crippen LogP contribution is -2.07. The minimum Gasteiger partial charge on any atom is -0.481 e. The number of nitrogens with zero attached hydrogens (tertiary/aromatic N) is 1. The Bertz CT molecular complexity index is 833. The summed E-state index contributed by atoms with van der Waals surface area (Å²) >= 11 is 0. The molecule has 104 valence electrons. The van der Waals surface area contributed by atoms with Gasteiger partial charge in [0.05, 0.1) is 11.4 Å². The number of carboxylic acids is 1. The standard InChI is InChI=1S/C18H15NO2/c20-18(21)14-10-11-16-17(14)13-8-4-5-9-15(13)19(16)12-6-2-1-3-7-12/h1-9,14H,10-11H2,(H,20,21)/t14-/m1/s1. The fourth-order valence-electron chi connectivity index (χ4n) is 3.50. The van der Waals surface area contributed by atoms with Gasteiger partial charge in [-0.15, -0.1) is 0 Å². The van der Waals surface area contributed by atoms with E-state index in [1.165, 1.54) is 0 Å². The van der Waals surface area contributed by atoms with Crippen LogP contribution in [0.5, 0.6) is 0 Å². The predicted octanol–water partition coefficient (Wildman–Crippen LogP) is 3.74. The Morgan fingerprint density at radius 3 is 2.52 bits per heavy atom. The number of rotatable bonds is 2. The molecule has 3 nitrogen and oxygen atoms in total. The van der Waals surface area contributed by atoms with Crippen molar-refractivity contribution in [3.63, 3.8) is 0 Å². The minimum absolute atomic E-state index is 0.380. The van der Waals surface area contributed by atoms with Gasteiger partial charge in [0.2, 0.25) is 0 Å². The first-order chi connectivity index (χ1) is 10.3. The van der Waals surface area contributed by atoms with Gasteiger partial charge < -0.3 is 9.67 Å². The predicted molar refractivity (Wildman–Crippen MR) is 82.0 cm³/mol. The molecule has 1 heterocycles. The number of carbonyl (C=O) groups is 1. The Morgan fingerprint density at radius 2 is 1.76 bits per heavy atom. The second kappa shape index (κ2) is 4.48. The summed E-state index contributed by atoms with van der Waals surface area (Å²) in [6.45, 7) is 0. The molecule has 1 N–H and O–H groups in total. The number of benzene rings is 2. The van der Waals surface area contributed by atoms with Crippen LogP contribution >= 0.6 is 0 Å². The number of aromatic nitrogens is 1. The lowest BCUT2D eigenvalue weighted by molar-refractivity contribution is -0.138. The highest BCUT2D eigenvalue weighted by Gasteiger charge is 2.34. The molecule has 1 aliphatic rings. The fourth-order valence-corrected chi connectivity index (χ4v) is 3.50. The molecular weight excluding hydrogens is 262 g/mol. The molecule has 0 spiro atoms. The number of hydrogen-bond acceptors (Lipinski definition) is 1. The van der Waals surface area contributed by atoms with Gasteiger partial charge in [0, 0.05) is 16.8 Å². The molecule has 2 aromatic carbocycles. The van der Waals surface area contributed by atoms with Gasteiger partial charge in [-0.05, 0) is 36.6 Å². The summed E-state index contributed by atoms with van der Waals surface area (Å²) in [5.41, 5.74) is 4.34. The monoisotopic (exact) mass is 277 g/mol. The number of fused-ring (bicyclic) bond motifs is 3. The lowest BCUT2D eigenvalue weighted by Gasteiger charge is -2.09. The first kappa shape index (κ1) is 12.2. The molecule has 1 atom stereocenters. The molecule has 0 amide bonds. The molecule has 0 saturated heterocycles. The molecule has 3 aromatic rings. The van der Waals surface area contributed by atoms with Crippen molar-refractivity contribution in [3.8, 4) is 5.69 Å². The van der Waals surface area contributed by atoms with E-state index < -0.39 is 5.97 Å². The average molecular weight is 277 g/mol. The zero-order valence-corrected chi connectivity index (χ0v) is 11.5. The SMILES string of the molecule is O=C(O)[C@@H]1CCc2c1c1ccccc1n2-c1ccccc1. The van der Waals surface area contributed by atoms with E-state index in [-0.39, 0.29) is 5.92 Å². The summed E-state index contributed by atoms with van der Waals surface area (Å²) in [5, 5.41) is 10.6. The highest BCUT2D eigenvalue weighted by molar-refractivity contribution is 5.93. The van der Waals surface area contributed by atoms with Crippen LogP contribution in [0.2, 0.25) is 0 Å². The van der Waals surface area contributed by atoms with Crippen molar-refractivity contribution in [3.05, 3.63) is 65.9 Å². The Kier molecular flexibility index (Phi) is 2.61. The van der Waals surface area contributed by atoms with E-state index in [4.69, 9.17) is 0 Å². The molecule has 0 saturated carbocycles. The van der Waals surface area contributed by atoms with Gasteiger partial charge >= 0.3 is 5.97 Å². The highest BCUT2D eigenvalue weighted by Crippen LogP contribution is 2.42. The summed E-state index contributed by atoms with van der Waals surface area (Å²) in [5.74, 6) is -1.10. The van der Waals surface area contributed by atoms with Crippen molar-refractivity contribution in [1.29, 1.82) is 0 Å². The van der Waals surface area contributed by atoms with Gasteiger partial charge in [-0.1, -0.05) is 36.4 Å². The third kappa shape index (κ3) is 1.70. The Hall–Kier alpha value is -2.55. The van der Waals surface area contributed by atoms with Gasteiger partial charge in [-0.25, -0.2) is 0 Å². The van der Waals surface area contributed by atoms with Crippen molar-refractivity contribution >= 4 is 16.9 Å². The number of hydrogen-bond donors (Lipinski definition) is 1. The van der Waals surface area contributed by atoms with E-state index >= 15 is 0 Å². The van der Waals surface area contributed by atoms with E-state index in [1.54, 1.807) is 0 Å². The summed E-state index contributed by atoms with van der Waals surface area (Å²) in [6, 6.07) is 18.3. The van der Waals surface area contributed by atoms with Crippen LogP contribution in [0.25, 0.3) is 16.6 Å². The van der Waals surface area contributed by atoms with Gasteiger partial charge in [-0.3, -0.25) is 4.79 Å². The van der Waals surface area contributed by atoms with Crippen LogP contribution in [0.4, 0.5) is 0 Å². The van der Waals surface area contributed by atoms with E-state index in [0.29, 0.717) is 6.42 Å². The molecule has 0 unspecified atom stereocenters. The zero-order chi connectivity index (χ0) is 14.4. The number of carboxylic acid groups (broad SMARTS) is 1. The van der Waals surface area contributed by atoms with Crippen molar-refractivity contribution in [2.24, 2.45) is 0 Å². The molecule has 0 bridgehead atoms. The van der Waals surface area contributed by atoms with Crippen LogP contribution in [-0.2, 0) is 11.2 Å². The lowest BCUT2D eigenvalue weighted by atomic mass is 10.0. The molecule has 1 aliphatic carbocycles. The molecule has 21 heavy (non-hydrogen) atoms. The second-order valence-electron chi connectivity index (χ2n) is 5.48. The molecule has 4 rings (SSSR count). The summed E-state index contributed by atoms with van der Waals surface area (Å²) < 4.78 is 2.22. The zero-order valence-electron chi connectivity index (χ0n) is 11.5. The van der Waals surface area contributed by atoms with E-state index in [0.717, 1.165) is 34.3 Å². The molecular formula is C18H15NO2. The summed E-state index contributed by atoms with van der Waals surface area (Å²) in [4.78, 5) is 11.5. The van der Waals surface area contributed by atoms with Gasteiger partial charge in [-0.2, -0.15) is 0 Å². The molecule has 0 fully saturated rings. The summed E-state index contributed by atoms with van der Waals surface area (Å²) in [6.07, 6.45) is 1.51. The van der Waals surface area contributed by atoms with Gasteiger partial charge in [0.15, 0.2) is 0 Å². The molecule has 0 radical (unpaired) electrons. The maximum atomic E-state index is 11.5. The summed E-state index contributed by atoms with van der Waals surface area (Å²) in [7, 11) is 0. The van der Waals surface area contributed by atoms with Crippen molar-refractivity contribution < 1.29 is 9.90 Å². The highest BCUT2D eigenvalue weighted by atomic mass is 16.4. The fraction of sp³-hybridized carbons (Fsp3) is 0.167. The average Bonchev–Trinajstić information content (AvgIpc) is 3.06. The van der Waals surface area contributed by atoms with Crippen molar-refractivity contribution in [2.45, 2.75) is 18.8 Å². The van der Waals surface area contributed by atoms with E-state index in [2.05, 4.69) is 22.8 Å². The van der Waals surface area contributed by atoms with Gasteiger partial charge in [0.1, 0.15) is 0 Å². The van der Waals surface area contributed by atoms with Gasteiger partial charge in [0.25, 0.3) is 0 Å². The van der Waals surface area contributed by atoms with Crippen LogP contribution in [0.1, 0.15) is 23.6 Å². The maximum Gasteiger partial charge on any atom is 0.311 e. The normalized spacial score (nSPS) is 17.0. The first-order valence-corrected chi connectivity index (χ1v) is 7.18. The smallest absolute Gasteiger partial charge is 0.311 e. The minimum atomic E-state index is -0.718. The maximum absolute atomic E-state index is 11.5.